The highest BCUT2D eigenvalue weighted by molar-refractivity contribution is 5.76. The number of amides is 1. The lowest BCUT2D eigenvalue weighted by Crippen LogP contribution is -2.42. The quantitative estimate of drug-likeness (QED) is 0.842. The summed E-state index contributed by atoms with van der Waals surface area (Å²) in [5.74, 6) is 0.944. The van der Waals surface area contributed by atoms with Gasteiger partial charge in [-0.05, 0) is 30.5 Å². The van der Waals surface area contributed by atoms with Crippen molar-refractivity contribution >= 4 is 5.91 Å². The van der Waals surface area contributed by atoms with Crippen molar-refractivity contribution in [2.45, 2.75) is 43.9 Å². The molecular formula is C18H27NO3. The second-order valence-electron chi connectivity index (χ2n) is 6.09. The first-order valence-corrected chi connectivity index (χ1v) is 8.10. The molecule has 4 heteroatoms. The molecule has 0 bridgehead atoms. The zero-order chi connectivity index (χ0) is 15.8. The molecule has 1 saturated carbocycles. The summed E-state index contributed by atoms with van der Waals surface area (Å²) >= 11 is 0. The number of rotatable bonds is 7. The summed E-state index contributed by atoms with van der Waals surface area (Å²) in [4.78, 5) is 11.9. The fourth-order valence-corrected chi connectivity index (χ4v) is 3.29. The van der Waals surface area contributed by atoms with Crippen molar-refractivity contribution < 1.29 is 14.3 Å². The maximum absolute atomic E-state index is 11.9. The number of carbonyl (C=O) groups is 1. The van der Waals surface area contributed by atoms with Gasteiger partial charge in [0, 0.05) is 25.5 Å². The van der Waals surface area contributed by atoms with Gasteiger partial charge in [-0.15, -0.1) is 0 Å². The molecule has 1 aromatic rings. The number of methoxy groups -OCH3 is 2. The number of nitrogens with one attached hydrogen (secondary N) is 1. The molecule has 0 aromatic heterocycles. The van der Waals surface area contributed by atoms with Gasteiger partial charge in [0.25, 0.3) is 0 Å². The third-order valence-electron chi connectivity index (χ3n) is 4.67. The molecule has 0 aliphatic heterocycles. The molecule has 1 N–H and O–H groups in total. The molecule has 122 valence electrons. The molecule has 1 aliphatic rings. The van der Waals surface area contributed by atoms with Crippen molar-refractivity contribution in [2.75, 3.05) is 27.4 Å². The van der Waals surface area contributed by atoms with Crippen LogP contribution in [0.1, 0.15) is 44.1 Å². The molecule has 1 fully saturated rings. The first kappa shape index (κ1) is 16.8. The Kier molecular flexibility index (Phi) is 6.25. The Hall–Kier alpha value is -1.55. The van der Waals surface area contributed by atoms with Gasteiger partial charge in [0.05, 0.1) is 13.7 Å². The van der Waals surface area contributed by atoms with E-state index in [1.54, 1.807) is 14.2 Å². The Labute approximate surface area is 133 Å². The molecule has 4 nitrogen and oxygen atoms in total. The van der Waals surface area contributed by atoms with Crippen molar-refractivity contribution in [1.29, 1.82) is 0 Å². The molecule has 1 aliphatic carbocycles. The molecule has 2 rings (SSSR count). The first-order valence-electron chi connectivity index (χ1n) is 8.10. The monoisotopic (exact) mass is 305 g/mol. The Morgan fingerprint density at radius 1 is 1.14 bits per heavy atom. The molecular weight excluding hydrogens is 278 g/mol. The predicted octanol–water partition coefficient (Wildman–Crippen LogP) is 3.05. The van der Waals surface area contributed by atoms with Crippen molar-refractivity contribution in [3.05, 3.63) is 29.8 Å². The minimum atomic E-state index is 0.0628. The van der Waals surface area contributed by atoms with Crippen molar-refractivity contribution in [1.82, 2.24) is 5.32 Å². The van der Waals surface area contributed by atoms with Crippen LogP contribution in [0.5, 0.6) is 5.75 Å². The van der Waals surface area contributed by atoms with Crippen LogP contribution in [-0.4, -0.2) is 33.3 Å². The van der Waals surface area contributed by atoms with Crippen molar-refractivity contribution in [3.8, 4) is 5.75 Å². The maximum atomic E-state index is 11.9. The van der Waals surface area contributed by atoms with Crippen LogP contribution in [0.2, 0.25) is 0 Å². The van der Waals surface area contributed by atoms with Crippen LogP contribution in [0.25, 0.3) is 0 Å². The molecule has 22 heavy (non-hydrogen) atoms. The molecule has 0 heterocycles. The predicted molar refractivity (Wildman–Crippen MR) is 87.3 cm³/mol. The summed E-state index contributed by atoms with van der Waals surface area (Å²) in [6.07, 6.45) is 6.42. The number of carbonyl (C=O) groups excluding carboxylic acids is 1. The molecule has 1 amide bonds. The second kappa shape index (κ2) is 8.18. The van der Waals surface area contributed by atoms with E-state index in [1.165, 1.54) is 24.8 Å². The molecule has 0 radical (unpaired) electrons. The van der Waals surface area contributed by atoms with Gasteiger partial charge in [0.15, 0.2) is 0 Å². The third kappa shape index (κ3) is 4.23. The van der Waals surface area contributed by atoms with Crippen LogP contribution in [0, 0.1) is 0 Å². The zero-order valence-corrected chi connectivity index (χ0v) is 13.7. The van der Waals surface area contributed by atoms with Crippen molar-refractivity contribution in [2.24, 2.45) is 0 Å². The van der Waals surface area contributed by atoms with Gasteiger partial charge in [0.1, 0.15) is 5.75 Å². The zero-order valence-electron chi connectivity index (χ0n) is 13.7. The van der Waals surface area contributed by atoms with E-state index >= 15 is 0 Å². The minimum Gasteiger partial charge on any atom is -0.497 e. The maximum Gasteiger partial charge on any atom is 0.222 e. The highest BCUT2D eigenvalue weighted by Gasteiger charge is 2.34. The van der Waals surface area contributed by atoms with Crippen LogP contribution in [0.4, 0.5) is 0 Å². The summed E-state index contributed by atoms with van der Waals surface area (Å²) in [6.45, 7) is 1.18. The number of hydrogen-bond donors (Lipinski definition) is 1. The second-order valence-corrected chi connectivity index (χ2v) is 6.09. The van der Waals surface area contributed by atoms with Crippen LogP contribution >= 0.6 is 0 Å². The molecule has 0 spiro atoms. The first-order chi connectivity index (χ1) is 10.7. The topological polar surface area (TPSA) is 47.6 Å². The summed E-state index contributed by atoms with van der Waals surface area (Å²) in [5, 5.41) is 3.10. The number of ether oxygens (including phenoxy) is 2. The standard InChI is InChI=1S/C18H27NO3/c1-21-13-10-17(20)19-14-18(11-4-3-5-12-18)15-6-8-16(22-2)9-7-15/h6-9H,3-5,10-14H2,1-2H3,(H,19,20). The Morgan fingerprint density at radius 2 is 1.82 bits per heavy atom. The molecule has 0 atom stereocenters. The summed E-state index contributed by atoms with van der Waals surface area (Å²) < 4.78 is 10.2. The number of benzene rings is 1. The van der Waals surface area contributed by atoms with Gasteiger partial charge in [-0.2, -0.15) is 0 Å². The van der Waals surface area contributed by atoms with Crippen molar-refractivity contribution in [3.63, 3.8) is 0 Å². The summed E-state index contributed by atoms with van der Waals surface area (Å²) in [5.41, 5.74) is 1.37. The van der Waals surface area contributed by atoms with Crippen LogP contribution < -0.4 is 10.1 Å². The van der Waals surface area contributed by atoms with E-state index in [0.717, 1.165) is 18.6 Å². The average molecular weight is 305 g/mol. The lowest BCUT2D eigenvalue weighted by atomic mass is 9.69. The SMILES string of the molecule is COCCC(=O)NCC1(c2ccc(OC)cc2)CCCCC1. The van der Waals surface area contributed by atoms with E-state index < -0.39 is 0 Å². The smallest absolute Gasteiger partial charge is 0.222 e. The van der Waals surface area contributed by atoms with Crippen LogP contribution in [0.3, 0.4) is 0 Å². The normalized spacial score (nSPS) is 17.0. The van der Waals surface area contributed by atoms with Crippen LogP contribution in [0.15, 0.2) is 24.3 Å². The van der Waals surface area contributed by atoms with E-state index in [0.29, 0.717) is 19.6 Å². The minimum absolute atomic E-state index is 0.0628. The summed E-state index contributed by atoms with van der Waals surface area (Å²) in [6, 6.07) is 8.31. The average Bonchev–Trinajstić information content (AvgIpc) is 2.59. The van der Waals surface area contributed by atoms with Gasteiger partial charge in [-0.3, -0.25) is 4.79 Å². The molecule has 1 aromatic carbocycles. The van der Waals surface area contributed by atoms with E-state index in [2.05, 4.69) is 17.4 Å². The fourth-order valence-electron chi connectivity index (χ4n) is 3.29. The summed E-state index contributed by atoms with van der Waals surface area (Å²) in [7, 11) is 3.30. The lowest BCUT2D eigenvalue weighted by Gasteiger charge is -2.38. The van der Waals surface area contributed by atoms with Gasteiger partial charge < -0.3 is 14.8 Å². The van der Waals surface area contributed by atoms with Gasteiger partial charge >= 0.3 is 0 Å². The van der Waals surface area contributed by atoms with E-state index in [9.17, 15) is 4.79 Å². The Bertz CT molecular complexity index is 464. The molecule has 0 unspecified atom stereocenters. The Morgan fingerprint density at radius 3 is 2.41 bits per heavy atom. The largest absolute Gasteiger partial charge is 0.497 e. The lowest BCUT2D eigenvalue weighted by molar-refractivity contribution is -0.122. The van der Waals surface area contributed by atoms with E-state index in [1.807, 2.05) is 12.1 Å². The van der Waals surface area contributed by atoms with Crippen LogP contribution in [-0.2, 0) is 14.9 Å². The fraction of sp³-hybridized carbons (Fsp3) is 0.611. The van der Waals surface area contributed by atoms with E-state index in [-0.39, 0.29) is 11.3 Å². The molecule has 0 saturated heterocycles. The highest BCUT2D eigenvalue weighted by atomic mass is 16.5. The third-order valence-corrected chi connectivity index (χ3v) is 4.67. The highest BCUT2D eigenvalue weighted by Crippen LogP contribution is 2.39. The number of hydrogen-bond acceptors (Lipinski definition) is 3. The van der Waals surface area contributed by atoms with Gasteiger partial charge in [0.2, 0.25) is 5.91 Å². The Balaban J connectivity index is 2.07. The van der Waals surface area contributed by atoms with Gasteiger partial charge in [-0.25, -0.2) is 0 Å². The van der Waals surface area contributed by atoms with Gasteiger partial charge in [-0.1, -0.05) is 31.4 Å². The van der Waals surface area contributed by atoms with E-state index in [4.69, 9.17) is 9.47 Å².